The van der Waals surface area contributed by atoms with Crippen LogP contribution in [0.1, 0.15) is 188 Å². The summed E-state index contributed by atoms with van der Waals surface area (Å²) in [5, 5.41) is 181. The Morgan fingerprint density at radius 1 is 0.406 bits per heavy atom. The molecule has 5 heterocycles. The lowest BCUT2D eigenvalue weighted by Gasteiger charge is -2.50. The molecule has 0 spiro atoms. The third kappa shape index (κ3) is 25.9. The Kier molecular flexibility index (Phi) is 40.0. The Morgan fingerprint density at radius 3 is 1.23 bits per heavy atom. The van der Waals surface area contributed by atoms with Crippen LogP contribution >= 0.6 is 0 Å². The molecule has 30 heteroatoms. The molecule has 0 radical (unpaired) electrons. The van der Waals surface area contributed by atoms with Crippen molar-refractivity contribution in [1.82, 2.24) is 10.6 Å². The fraction of sp³-hybridized carbons (Fsp3) is 0.939. The van der Waals surface area contributed by atoms with Gasteiger partial charge in [-0.2, -0.15) is 0 Å². The van der Waals surface area contributed by atoms with E-state index in [1.807, 2.05) is 6.08 Å². The van der Waals surface area contributed by atoms with Crippen molar-refractivity contribution >= 4 is 11.8 Å². The monoisotopic (exact) mass is 1390 g/mol. The smallest absolute Gasteiger partial charge is 0.220 e. The van der Waals surface area contributed by atoms with Crippen LogP contribution in [0.15, 0.2) is 12.2 Å². The minimum absolute atomic E-state index is 0.199. The number of hydrogen-bond donors (Lipinski definition) is 18. The van der Waals surface area contributed by atoms with Gasteiger partial charge >= 0.3 is 0 Å². The molecule has 0 saturated carbocycles. The van der Waals surface area contributed by atoms with Crippen LogP contribution in [0, 0.1) is 0 Å². The van der Waals surface area contributed by atoms with Gasteiger partial charge in [-0.3, -0.25) is 9.59 Å². The minimum Gasteiger partial charge on any atom is -0.394 e. The van der Waals surface area contributed by atoms with Crippen molar-refractivity contribution in [1.29, 1.82) is 0 Å². The summed E-state index contributed by atoms with van der Waals surface area (Å²) in [5.41, 5.74) is 0. The molecule has 0 aromatic rings. The van der Waals surface area contributed by atoms with Gasteiger partial charge in [-0.1, -0.05) is 167 Å². The largest absolute Gasteiger partial charge is 0.394 e. The zero-order chi connectivity index (χ0) is 70.3. The number of ether oxygens (including phenoxy) is 10. The number of hydrogen-bond acceptors (Lipinski definition) is 28. The summed E-state index contributed by atoms with van der Waals surface area (Å²) in [7, 11) is 0. The molecule has 5 fully saturated rings. The van der Waals surface area contributed by atoms with Gasteiger partial charge in [-0.05, 0) is 19.3 Å². The van der Waals surface area contributed by atoms with E-state index < -0.39 is 211 Å². The number of carbonyl (C=O) groups is 2. The summed E-state index contributed by atoms with van der Waals surface area (Å²) < 4.78 is 58.1. The first-order valence-corrected chi connectivity index (χ1v) is 35.5. The Bertz CT molecular complexity index is 2110. The van der Waals surface area contributed by atoms with Crippen LogP contribution in [0.2, 0.25) is 0 Å². The van der Waals surface area contributed by atoms with Gasteiger partial charge in [0.15, 0.2) is 31.5 Å². The molecule has 0 aromatic carbocycles. The molecular weight excluding hydrogens is 1270 g/mol. The van der Waals surface area contributed by atoms with Crippen molar-refractivity contribution in [3.63, 3.8) is 0 Å². The topological polar surface area (TPSA) is 474 Å². The molecule has 27 atom stereocenters. The lowest BCUT2D eigenvalue weighted by atomic mass is 9.94. The first kappa shape index (κ1) is 84.3. The molecule has 5 saturated heterocycles. The third-order valence-electron chi connectivity index (χ3n) is 18.7. The number of carbonyl (C=O) groups excluding carboxylic acids is 2. The van der Waals surface area contributed by atoms with E-state index >= 15 is 0 Å². The van der Waals surface area contributed by atoms with Gasteiger partial charge in [0.25, 0.3) is 0 Å². The maximum atomic E-state index is 13.4. The van der Waals surface area contributed by atoms with E-state index in [1.54, 1.807) is 6.08 Å². The van der Waals surface area contributed by atoms with Crippen LogP contribution in [0.25, 0.3) is 0 Å². The number of allylic oxidation sites excluding steroid dienone is 1. The Balaban J connectivity index is 1.19. The lowest BCUT2D eigenvalue weighted by Crippen LogP contribution is -2.70. The van der Waals surface area contributed by atoms with Crippen molar-refractivity contribution in [3.05, 3.63) is 12.2 Å². The molecule has 18 N–H and O–H groups in total. The minimum atomic E-state index is -2.17. The van der Waals surface area contributed by atoms with Crippen LogP contribution in [0.5, 0.6) is 0 Å². The summed E-state index contributed by atoms with van der Waals surface area (Å²) >= 11 is 0. The zero-order valence-corrected chi connectivity index (χ0v) is 56.4. The van der Waals surface area contributed by atoms with Gasteiger partial charge in [0.05, 0.1) is 51.8 Å². The highest BCUT2D eigenvalue weighted by atomic mass is 16.8. The average Bonchev–Trinajstić information content (AvgIpc) is 0.780. The summed E-state index contributed by atoms with van der Waals surface area (Å²) in [6.45, 7) is 0.360. The van der Waals surface area contributed by atoms with Crippen molar-refractivity contribution in [2.75, 3.05) is 39.6 Å². The Hall–Kier alpha value is -2.36. The molecule has 0 aliphatic carbocycles. The summed E-state index contributed by atoms with van der Waals surface area (Å²) in [5.74, 6) is -1.12. The second-order valence-corrected chi connectivity index (χ2v) is 26.4. The highest BCUT2D eigenvalue weighted by Crippen LogP contribution is 2.36. The fourth-order valence-electron chi connectivity index (χ4n) is 12.9. The van der Waals surface area contributed by atoms with Crippen LogP contribution in [0.4, 0.5) is 0 Å². The number of aliphatic hydroxyl groups excluding tert-OH is 16. The molecular formula is C66H120N2O28. The second-order valence-electron chi connectivity index (χ2n) is 26.4. The number of amides is 2. The van der Waals surface area contributed by atoms with Gasteiger partial charge < -0.3 is 140 Å². The molecule has 0 aromatic heterocycles. The Morgan fingerprint density at radius 2 is 0.771 bits per heavy atom. The predicted molar refractivity (Wildman–Crippen MR) is 340 cm³/mol. The molecule has 30 nitrogen and oxygen atoms in total. The highest BCUT2D eigenvalue weighted by molar-refractivity contribution is 5.76. The van der Waals surface area contributed by atoms with Gasteiger partial charge in [0.1, 0.15) is 122 Å². The zero-order valence-electron chi connectivity index (χ0n) is 56.4. The van der Waals surface area contributed by atoms with E-state index in [0.29, 0.717) is 12.8 Å². The van der Waals surface area contributed by atoms with E-state index in [2.05, 4.69) is 24.5 Å². The molecule has 562 valence electrons. The summed E-state index contributed by atoms with van der Waals surface area (Å²) in [6.07, 6.45) is -13.7. The normalized spacial score (nSPS) is 36.6. The number of rotatable bonds is 46. The Labute approximate surface area is 564 Å². The number of unbranched alkanes of at least 4 members (excludes halogenated alkanes) is 23. The van der Waals surface area contributed by atoms with Crippen molar-refractivity contribution < 1.29 is 139 Å². The van der Waals surface area contributed by atoms with Gasteiger partial charge in [-0.25, -0.2) is 0 Å². The van der Waals surface area contributed by atoms with Crippen LogP contribution < -0.4 is 10.6 Å². The summed E-state index contributed by atoms with van der Waals surface area (Å²) in [4.78, 5) is 25.9. The van der Waals surface area contributed by atoms with Crippen LogP contribution in [-0.4, -0.2) is 299 Å². The molecule has 96 heavy (non-hydrogen) atoms. The van der Waals surface area contributed by atoms with Crippen molar-refractivity contribution in [3.8, 4) is 0 Å². The molecule has 5 rings (SSSR count). The maximum Gasteiger partial charge on any atom is 0.220 e. The maximum absolute atomic E-state index is 13.4. The molecule has 10 unspecified atom stereocenters. The van der Waals surface area contributed by atoms with Crippen molar-refractivity contribution in [2.24, 2.45) is 0 Å². The van der Waals surface area contributed by atoms with E-state index in [-0.39, 0.29) is 12.3 Å². The lowest BCUT2D eigenvalue weighted by molar-refractivity contribution is -0.389. The van der Waals surface area contributed by atoms with Crippen LogP contribution in [-0.2, 0) is 57.0 Å². The van der Waals surface area contributed by atoms with Crippen LogP contribution in [0.3, 0.4) is 0 Å². The fourth-order valence-corrected chi connectivity index (χ4v) is 12.9. The summed E-state index contributed by atoms with van der Waals surface area (Å²) in [6, 6.07) is -2.74. The van der Waals surface area contributed by atoms with E-state index in [4.69, 9.17) is 47.4 Å². The molecule has 0 bridgehead atoms. The number of nitrogens with one attached hydrogen (secondary N) is 2. The van der Waals surface area contributed by atoms with E-state index in [1.165, 1.54) is 103 Å². The standard InChI is InChI=1S/C66H120N2O28/c1-4-6-8-10-12-14-16-18-20-22-24-26-28-30-40(75)39(68-46(76)31-29-27-25-23-21-19-17-15-13-11-9-7-5-2)37-87-63-55(84)52(81)59(44(35-72)91-63)94-65-56(85)53(82)60(45(36-73)92-65)95-66-57(86)61(49(78)42(33-70)89-66)96-62-47(67-38(3)74)50(79)58(43(34-71)90-62)93-64-54(83)51(80)48(77)41(32-69)88-64/h28,30,39-45,47-66,69-73,75,77-86H,4-27,29,31-37H2,1-3H3,(H,67,74)(H,68,76)/b30-28+/t39-,40+,41?,42?,43?,44?,45?,47?,48-,49-,50+,51-,52+,53+,54?,55?,56?,57?,58-,59+,60-,61-,62-,63+,64-,65-,66-/m0/s1. The SMILES string of the molecule is CCCCCCCCCCCCC/C=C/[C@@H](O)[C@H](CO[C@@H]1OC(CO)[C@@H](O[C@@H]2OC(CO)[C@H](O[C@@H]3OC(CO)[C@H](O)[C@H](O[C@@H]4OC(CO)[C@H](O[C@@H]5OC(CO)[C@H](O)[C@H](O)C5O)[C@H](O)C4NC(C)=O)C3O)[C@H](O)C2O)[C@H](O)C1O)NC(=O)CCCCCCCCCCCCCCC. The number of aliphatic hydroxyl groups is 16. The first-order valence-electron chi connectivity index (χ1n) is 35.5. The predicted octanol–water partition coefficient (Wildman–Crippen LogP) is -1.17. The van der Waals surface area contributed by atoms with Gasteiger partial charge in [0.2, 0.25) is 11.8 Å². The first-order chi connectivity index (χ1) is 46.2. The quantitative estimate of drug-likeness (QED) is 0.0252. The van der Waals surface area contributed by atoms with Crippen molar-refractivity contribution in [2.45, 2.75) is 353 Å². The highest BCUT2D eigenvalue weighted by Gasteiger charge is 2.57. The van der Waals surface area contributed by atoms with Gasteiger partial charge in [0, 0.05) is 13.3 Å². The second kappa shape index (κ2) is 45.6. The molecule has 2 amide bonds. The van der Waals surface area contributed by atoms with Gasteiger partial charge in [-0.15, -0.1) is 0 Å². The molecule has 5 aliphatic heterocycles. The third-order valence-corrected chi connectivity index (χ3v) is 18.7. The van der Waals surface area contributed by atoms with E-state index in [9.17, 15) is 91.3 Å². The molecule has 5 aliphatic rings. The van der Waals surface area contributed by atoms with E-state index in [0.717, 1.165) is 51.9 Å². The average molecular weight is 1390 g/mol.